The van der Waals surface area contributed by atoms with Crippen LogP contribution >= 0.6 is 0 Å². The van der Waals surface area contributed by atoms with Gasteiger partial charge in [0, 0.05) is 19.3 Å². The molecule has 0 fully saturated rings. The van der Waals surface area contributed by atoms with Crippen molar-refractivity contribution in [3.8, 4) is 0 Å². The van der Waals surface area contributed by atoms with Crippen LogP contribution in [0.15, 0.2) is 0 Å². The lowest BCUT2D eigenvalue weighted by Crippen LogP contribution is -2.30. The summed E-state index contributed by atoms with van der Waals surface area (Å²) >= 11 is 0. The molecule has 0 spiro atoms. The van der Waals surface area contributed by atoms with Gasteiger partial charge in [-0.05, 0) is 31.1 Å². The largest absolute Gasteiger partial charge is 0.462 e. The maximum Gasteiger partial charge on any atom is 0.306 e. The maximum atomic E-state index is 12.7. The highest BCUT2D eigenvalue weighted by Crippen LogP contribution is 2.17. The molecule has 54 heavy (non-hydrogen) atoms. The zero-order valence-corrected chi connectivity index (χ0v) is 36.8. The van der Waals surface area contributed by atoms with Gasteiger partial charge in [0.05, 0.1) is 0 Å². The smallest absolute Gasteiger partial charge is 0.306 e. The van der Waals surface area contributed by atoms with Gasteiger partial charge in [0.2, 0.25) is 0 Å². The summed E-state index contributed by atoms with van der Waals surface area (Å²) in [7, 11) is 0. The summed E-state index contributed by atoms with van der Waals surface area (Å²) in [4.78, 5) is 37.7. The van der Waals surface area contributed by atoms with Crippen LogP contribution in [0, 0.1) is 11.8 Å². The minimum atomic E-state index is -0.760. The zero-order valence-electron chi connectivity index (χ0n) is 36.8. The van der Waals surface area contributed by atoms with Crippen molar-refractivity contribution in [1.82, 2.24) is 0 Å². The van der Waals surface area contributed by atoms with Gasteiger partial charge in [-0.3, -0.25) is 14.4 Å². The molecule has 0 radical (unpaired) electrons. The van der Waals surface area contributed by atoms with E-state index < -0.39 is 6.10 Å². The van der Waals surface area contributed by atoms with Gasteiger partial charge < -0.3 is 14.2 Å². The SMILES string of the molecule is CCCCCCCCCCCCC(=O)O[C@@H](COC(=O)CCCCCCCCCCCCCC(C)C)COC(=O)CCCCCCCCCCCC(C)C. The van der Waals surface area contributed by atoms with Crippen LogP contribution in [0.4, 0.5) is 0 Å². The Morgan fingerprint density at radius 3 is 0.907 bits per heavy atom. The molecular formula is C48H92O6. The molecule has 0 unspecified atom stereocenters. The van der Waals surface area contributed by atoms with Crippen LogP contribution in [0.2, 0.25) is 0 Å². The van der Waals surface area contributed by atoms with E-state index in [0.717, 1.165) is 69.6 Å². The number of carbonyl (C=O) groups excluding carboxylic acids is 3. The number of rotatable bonds is 42. The second-order valence-electron chi connectivity index (χ2n) is 17.3. The molecule has 0 aromatic heterocycles. The van der Waals surface area contributed by atoms with Crippen LogP contribution in [0.5, 0.6) is 0 Å². The Hall–Kier alpha value is -1.59. The highest BCUT2D eigenvalue weighted by atomic mass is 16.6. The Morgan fingerprint density at radius 1 is 0.352 bits per heavy atom. The van der Waals surface area contributed by atoms with E-state index in [1.807, 2.05) is 0 Å². The molecule has 0 bridgehead atoms. The molecule has 0 aliphatic rings. The fourth-order valence-corrected chi connectivity index (χ4v) is 7.11. The minimum absolute atomic E-state index is 0.0647. The average Bonchev–Trinajstić information content (AvgIpc) is 3.14. The van der Waals surface area contributed by atoms with Crippen molar-refractivity contribution in [3.05, 3.63) is 0 Å². The predicted molar refractivity (Wildman–Crippen MR) is 229 cm³/mol. The fraction of sp³-hybridized carbons (Fsp3) is 0.938. The van der Waals surface area contributed by atoms with Crippen molar-refractivity contribution >= 4 is 17.9 Å². The van der Waals surface area contributed by atoms with Gasteiger partial charge in [-0.2, -0.15) is 0 Å². The van der Waals surface area contributed by atoms with Crippen molar-refractivity contribution in [2.75, 3.05) is 13.2 Å². The number of hydrogen-bond donors (Lipinski definition) is 0. The summed E-state index contributed by atoms with van der Waals surface area (Å²) in [6.45, 7) is 11.3. The molecule has 0 aliphatic carbocycles. The Morgan fingerprint density at radius 2 is 0.611 bits per heavy atom. The van der Waals surface area contributed by atoms with Crippen molar-refractivity contribution in [2.45, 2.75) is 265 Å². The molecule has 0 aromatic carbocycles. The summed E-state index contributed by atoms with van der Waals surface area (Å²) in [5, 5.41) is 0. The van der Waals surface area contributed by atoms with Gasteiger partial charge >= 0.3 is 17.9 Å². The minimum Gasteiger partial charge on any atom is -0.462 e. The second-order valence-corrected chi connectivity index (χ2v) is 17.3. The third-order valence-corrected chi connectivity index (χ3v) is 10.7. The molecule has 6 nitrogen and oxygen atoms in total. The molecule has 1 atom stereocenters. The maximum absolute atomic E-state index is 12.7. The number of unbranched alkanes of at least 4 members (excludes halogenated alkanes) is 27. The van der Waals surface area contributed by atoms with Crippen molar-refractivity contribution in [2.24, 2.45) is 11.8 Å². The molecule has 0 rings (SSSR count). The molecular weight excluding hydrogens is 673 g/mol. The summed E-state index contributed by atoms with van der Waals surface area (Å²) in [6, 6.07) is 0. The van der Waals surface area contributed by atoms with E-state index in [9.17, 15) is 14.4 Å². The van der Waals surface area contributed by atoms with Gasteiger partial charge in [-0.25, -0.2) is 0 Å². The lowest BCUT2D eigenvalue weighted by Gasteiger charge is -2.18. The van der Waals surface area contributed by atoms with Gasteiger partial charge in [0.1, 0.15) is 13.2 Å². The topological polar surface area (TPSA) is 78.9 Å². The summed E-state index contributed by atoms with van der Waals surface area (Å²) in [5.74, 6) is 0.779. The van der Waals surface area contributed by atoms with E-state index in [1.54, 1.807) is 0 Å². The Balaban J connectivity index is 4.31. The summed E-state index contributed by atoms with van der Waals surface area (Å²) in [6.07, 6.45) is 39.4. The summed E-state index contributed by atoms with van der Waals surface area (Å²) < 4.78 is 16.7. The Labute approximate surface area is 336 Å². The van der Waals surface area contributed by atoms with Gasteiger partial charge in [-0.15, -0.1) is 0 Å². The molecule has 0 heterocycles. The summed E-state index contributed by atoms with van der Waals surface area (Å²) in [5.41, 5.74) is 0. The molecule has 6 heteroatoms. The molecule has 0 saturated heterocycles. The molecule has 0 aliphatic heterocycles. The third-order valence-electron chi connectivity index (χ3n) is 10.7. The molecule has 0 amide bonds. The van der Waals surface area contributed by atoms with E-state index in [2.05, 4.69) is 34.6 Å². The fourth-order valence-electron chi connectivity index (χ4n) is 7.11. The van der Waals surface area contributed by atoms with Crippen molar-refractivity contribution in [3.63, 3.8) is 0 Å². The van der Waals surface area contributed by atoms with Crippen molar-refractivity contribution in [1.29, 1.82) is 0 Å². The number of ether oxygens (including phenoxy) is 3. The molecule has 0 saturated carbocycles. The molecule has 0 aromatic rings. The molecule has 0 N–H and O–H groups in total. The quantitative estimate of drug-likeness (QED) is 0.0350. The lowest BCUT2D eigenvalue weighted by atomic mass is 10.0. The van der Waals surface area contributed by atoms with Gasteiger partial charge in [0.15, 0.2) is 6.10 Å². The van der Waals surface area contributed by atoms with E-state index >= 15 is 0 Å². The van der Waals surface area contributed by atoms with E-state index in [1.165, 1.54) is 148 Å². The average molecular weight is 765 g/mol. The van der Waals surface area contributed by atoms with Crippen LogP contribution in [-0.2, 0) is 28.6 Å². The standard InChI is InChI=1S/C48H92O6/c1-6-7-8-9-10-11-18-25-30-35-40-48(51)54-45(42-53-47(50)39-34-29-24-20-15-17-22-27-32-37-44(4)5)41-52-46(49)38-33-28-23-19-14-12-13-16-21-26-31-36-43(2)3/h43-45H,6-42H2,1-5H3/t45-/m0/s1. The first kappa shape index (κ1) is 52.4. The van der Waals surface area contributed by atoms with E-state index in [0.29, 0.717) is 19.3 Å². The van der Waals surface area contributed by atoms with Crippen LogP contribution in [0.1, 0.15) is 259 Å². The first-order chi connectivity index (χ1) is 26.2. The second kappa shape index (κ2) is 41.1. The van der Waals surface area contributed by atoms with E-state index in [4.69, 9.17) is 14.2 Å². The van der Waals surface area contributed by atoms with E-state index in [-0.39, 0.29) is 31.1 Å². The van der Waals surface area contributed by atoms with Crippen molar-refractivity contribution < 1.29 is 28.6 Å². The normalized spacial score (nSPS) is 12.1. The van der Waals surface area contributed by atoms with Crippen LogP contribution in [-0.4, -0.2) is 37.2 Å². The highest BCUT2D eigenvalue weighted by molar-refractivity contribution is 5.71. The zero-order chi connectivity index (χ0) is 39.7. The van der Waals surface area contributed by atoms with Gasteiger partial charge in [0.25, 0.3) is 0 Å². The van der Waals surface area contributed by atoms with Crippen LogP contribution in [0.3, 0.4) is 0 Å². The Bertz CT molecular complexity index is 824. The predicted octanol–water partition coefficient (Wildman–Crippen LogP) is 15.0. The number of carbonyl (C=O) groups is 3. The van der Waals surface area contributed by atoms with Crippen LogP contribution in [0.25, 0.3) is 0 Å². The van der Waals surface area contributed by atoms with Crippen LogP contribution < -0.4 is 0 Å². The first-order valence-corrected chi connectivity index (χ1v) is 23.7. The highest BCUT2D eigenvalue weighted by Gasteiger charge is 2.19. The Kier molecular flexibility index (Phi) is 39.8. The number of hydrogen-bond acceptors (Lipinski definition) is 6. The van der Waals surface area contributed by atoms with Gasteiger partial charge in [-0.1, -0.05) is 221 Å². The third kappa shape index (κ3) is 41.6. The lowest BCUT2D eigenvalue weighted by molar-refractivity contribution is -0.167. The monoisotopic (exact) mass is 765 g/mol. The molecule has 320 valence electrons. The first-order valence-electron chi connectivity index (χ1n) is 23.7. The number of esters is 3.